The summed E-state index contributed by atoms with van der Waals surface area (Å²) in [6, 6.07) is 5.09. The zero-order valence-corrected chi connectivity index (χ0v) is 11.5. The van der Waals surface area contributed by atoms with Gasteiger partial charge in [0.15, 0.2) is 16.0 Å². The van der Waals surface area contributed by atoms with Crippen LogP contribution in [0.5, 0.6) is 0 Å². The Hall–Kier alpha value is -2.19. The molecule has 20 heavy (non-hydrogen) atoms. The number of aromatic nitrogens is 4. The lowest BCUT2D eigenvalue weighted by Crippen LogP contribution is -2.16. The van der Waals surface area contributed by atoms with E-state index in [1.165, 1.54) is 23.0 Å². The SMILES string of the molecule is O=S(=O)(Nc1cnccn1)c1c(Cl)nc2ccccn12. The Balaban J connectivity index is 2.12. The Morgan fingerprint density at radius 2 is 2.10 bits per heavy atom. The van der Waals surface area contributed by atoms with Gasteiger partial charge in [-0.3, -0.25) is 14.1 Å². The minimum Gasteiger partial charge on any atom is -0.288 e. The van der Waals surface area contributed by atoms with E-state index in [2.05, 4.69) is 19.7 Å². The van der Waals surface area contributed by atoms with Gasteiger partial charge in [-0.15, -0.1) is 0 Å². The lowest BCUT2D eigenvalue weighted by Gasteiger charge is -2.06. The van der Waals surface area contributed by atoms with Gasteiger partial charge in [-0.2, -0.15) is 8.42 Å². The second kappa shape index (κ2) is 4.73. The van der Waals surface area contributed by atoms with E-state index in [0.29, 0.717) is 5.65 Å². The van der Waals surface area contributed by atoms with Crippen LogP contribution in [0, 0.1) is 0 Å². The highest BCUT2D eigenvalue weighted by atomic mass is 35.5. The second-order valence-corrected chi connectivity index (χ2v) is 5.79. The van der Waals surface area contributed by atoms with Crippen molar-refractivity contribution in [2.45, 2.75) is 5.03 Å². The van der Waals surface area contributed by atoms with Crippen molar-refractivity contribution < 1.29 is 8.42 Å². The predicted molar refractivity (Wildman–Crippen MR) is 73.0 cm³/mol. The largest absolute Gasteiger partial charge is 0.288 e. The van der Waals surface area contributed by atoms with E-state index in [9.17, 15) is 8.42 Å². The summed E-state index contributed by atoms with van der Waals surface area (Å²) >= 11 is 5.93. The van der Waals surface area contributed by atoms with Gasteiger partial charge in [-0.05, 0) is 12.1 Å². The summed E-state index contributed by atoms with van der Waals surface area (Å²) in [4.78, 5) is 11.6. The molecule has 0 unspecified atom stereocenters. The highest BCUT2D eigenvalue weighted by molar-refractivity contribution is 7.92. The quantitative estimate of drug-likeness (QED) is 0.793. The van der Waals surface area contributed by atoms with Gasteiger partial charge in [0.25, 0.3) is 10.0 Å². The highest BCUT2D eigenvalue weighted by Gasteiger charge is 2.24. The molecular weight excluding hydrogens is 302 g/mol. The smallest absolute Gasteiger partial charge is 0.282 e. The van der Waals surface area contributed by atoms with Crippen molar-refractivity contribution in [3.05, 3.63) is 48.1 Å². The number of sulfonamides is 1. The first-order valence-electron chi connectivity index (χ1n) is 5.49. The number of hydrogen-bond acceptors (Lipinski definition) is 5. The van der Waals surface area contributed by atoms with Crippen LogP contribution in [-0.4, -0.2) is 27.8 Å². The molecule has 9 heteroatoms. The van der Waals surface area contributed by atoms with Gasteiger partial charge in [0.2, 0.25) is 0 Å². The molecule has 0 saturated heterocycles. The summed E-state index contributed by atoms with van der Waals surface area (Å²) in [5.41, 5.74) is 0.442. The molecule has 0 spiro atoms. The van der Waals surface area contributed by atoms with Gasteiger partial charge in [0.1, 0.15) is 5.65 Å². The maximum atomic E-state index is 12.4. The van der Waals surface area contributed by atoms with E-state index in [4.69, 9.17) is 11.6 Å². The molecule has 3 aromatic heterocycles. The first-order chi connectivity index (χ1) is 9.58. The van der Waals surface area contributed by atoms with E-state index in [0.717, 1.165) is 0 Å². The molecule has 7 nitrogen and oxygen atoms in total. The Morgan fingerprint density at radius 3 is 2.85 bits per heavy atom. The number of imidazole rings is 1. The lowest BCUT2D eigenvalue weighted by atomic mass is 10.5. The molecule has 0 fully saturated rings. The maximum absolute atomic E-state index is 12.4. The molecule has 0 amide bonds. The Kier molecular flexibility index (Phi) is 3.03. The van der Waals surface area contributed by atoms with Gasteiger partial charge in [-0.25, -0.2) is 9.97 Å². The fraction of sp³-hybridized carbons (Fsp3) is 0. The lowest BCUT2D eigenvalue weighted by molar-refractivity contribution is 0.596. The summed E-state index contributed by atoms with van der Waals surface area (Å²) in [7, 11) is -3.91. The normalized spacial score (nSPS) is 11.7. The van der Waals surface area contributed by atoms with Crippen LogP contribution in [0.2, 0.25) is 5.15 Å². The molecular formula is C11H8ClN5O2S. The molecule has 0 bridgehead atoms. The number of fused-ring (bicyclic) bond motifs is 1. The van der Waals surface area contributed by atoms with E-state index in [1.54, 1.807) is 24.4 Å². The van der Waals surface area contributed by atoms with Crippen LogP contribution >= 0.6 is 11.6 Å². The molecule has 0 saturated carbocycles. The van der Waals surface area contributed by atoms with Crippen LogP contribution in [0.4, 0.5) is 5.82 Å². The fourth-order valence-corrected chi connectivity index (χ4v) is 3.36. The molecule has 102 valence electrons. The molecule has 0 atom stereocenters. The second-order valence-electron chi connectivity index (χ2n) is 3.83. The maximum Gasteiger partial charge on any atom is 0.282 e. The Bertz CT molecular complexity index is 863. The molecule has 0 aliphatic carbocycles. The number of anilines is 1. The van der Waals surface area contributed by atoms with E-state index < -0.39 is 10.0 Å². The topological polar surface area (TPSA) is 89.2 Å². The number of pyridine rings is 1. The van der Waals surface area contributed by atoms with Gasteiger partial charge in [0, 0.05) is 18.6 Å². The molecule has 0 radical (unpaired) electrons. The van der Waals surface area contributed by atoms with Gasteiger partial charge < -0.3 is 0 Å². The van der Waals surface area contributed by atoms with E-state index in [1.807, 2.05) is 0 Å². The van der Waals surface area contributed by atoms with Crippen molar-refractivity contribution >= 4 is 33.1 Å². The first-order valence-corrected chi connectivity index (χ1v) is 7.35. The van der Waals surface area contributed by atoms with Crippen LogP contribution in [0.3, 0.4) is 0 Å². The summed E-state index contributed by atoms with van der Waals surface area (Å²) in [6.45, 7) is 0. The van der Waals surface area contributed by atoms with Gasteiger partial charge in [0.05, 0.1) is 6.20 Å². The number of halogens is 1. The number of rotatable bonds is 3. The van der Waals surface area contributed by atoms with Crippen molar-refractivity contribution in [2.75, 3.05) is 4.72 Å². The summed E-state index contributed by atoms with van der Waals surface area (Å²) < 4.78 is 28.4. The third-order valence-corrected chi connectivity index (χ3v) is 4.26. The monoisotopic (exact) mass is 309 g/mol. The molecule has 1 N–H and O–H groups in total. The molecule has 0 aliphatic rings. The average molecular weight is 310 g/mol. The van der Waals surface area contributed by atoms with Crippen molar-refractivity contribution in [1.82, 2.24) is 19.4 Å². The number of nitrogens with one attached hydrogen (secondary N) is 1. The van der Waals surface area contributed by atoms with Crippen molar-refractivity contribution in [3.63, 3.8) is 0 Å². The highest BCUT2D eigenvalue weighted by Crippen LogP contribution is 2.23. The summed E-state index contributed by atoms with van der Waals surface area (Å²) in [6.07, 6.45) is 5.70. The summed E-state index contributed by atoms with van der Waals surface area (Å²) in [5.74, 6) is 0.106. The molecule has 0 aromatic carbocycles. The number of nitrogens with zero attached hydrogens (tertiary/aromatic N) is 4. The molecule has 3 rings (SSSR count). The Labute approximate surface area is 119 Å². The number of hydrogen-bond donors (Lipinski definition) is 1. The zero-order valence-electron chi connectivity index (χ0n) is 9.93. The predicted octanol–water partition coefficient (Wildman–Crippen LogP) is 1.58. The third kappa shape index (κ3) is 2.19. The molecule has 3 aromatic rings. The Morgan fingerprint density at radius 1 is 1.25 bits per heavy atom. The minimum absolute atomic E-state index is 0.104. The van der Waals surface area contributed by atoms with Crippen LogP contribution < -0.4 is 4.72 Å². The zero-order chi connectivity index (χ0) is 14.2. The standard InChI is InChI=1S/C11H8ClN5O2S/c12-10-11(17-6-2-1-3-9(17)15-10)20(18,19)16-8-7-13-4-5-14-8/h1-7H,(H,14,16). The summed E-state index contributed by atoms with van der Waals surface area (Å²) in [5, 5.41) is -0.243. The van der Waals surface area contributed by atoms with Gasteiger partial charge >= 0.3 is 0 Å². The van der Waals surface area contributed by atoms with Crippen molar-refractivity contribution in [1.29, 1.82) is 0 Å². The van der Waals surface area contributed by atoms with Gasteiger partial charge in [-0.1, -0.05) is 17.7 Å². The third-order valence-electron chi connectivity index (χ3n) is 2.50. The van der Waals surface area contributed by atoms with Crippen LogP contribution in [0.1, 0.15) is 0 Å². The molecule has 3 heterocycles. The van der Waals surface area contributed by atoms with Crippen molar-refractivity contribution in [3.8, 4) is 0 Å². The van der Waals surface area contributed by atoms with Crippen LogP contribution in [0.15, 0.2) is 48.0 Å². The van der Waals surface area contributed by atoms with Crippen molar-refractivity contribution in [2.24, 2.45) is 0 Å². The van der Waals surface area contributed by atoms with E-state index >= 15 is 0 Å². The van der Waals surface area contributed by atoms with E-state index in [-0.39, 0.29) is 16.0 Å². The molecule has 0 aliphatic heterocycles. The van der Waals surface area contributed by atoms with Crippen LogP contribution in [-0.2, 0) is 10.0 Å². The minimum atomic E-state index is -3.91. The first kappa shape index (κ1) is 12.8. The van der Waals surface area contributed by atoms with Crippen LogP contribution in [0.25, 0.3) is 5.65 Å². The fourth-order valence-electron chi connectivity index (χ4n) is 1.72. The average Bonchev–Trinajstić information content (AvgIpc) is 2.75.